The predicted molar refractivity (Wildman–Crippen MR) is 59.3 cm³/mol. The lowest BCUT2D eigenvalue weighted by Gasteiger charge is -2.17. The van der Waals surface area contributed by atoms with Crippen molar-refractivity contribution in [3.63, 3.8) is 0 Å². The van der Waals surface area contributed by atoms with E-state index in [-0.39, 0.29) is 11.9 Å². The van der Waals surface area contributed by atoms with Crippen LogP contribution >= 0.6 is 0 Å². The largest absolute Gasteiger partial charge is 0.496 e. The van der Waals surface area contributed by atoms with Crippen LogP contribution in [0.15, 0.2) is 18.2 Å². The molecule has 1 atom stereocenters. The van der Waals surface area contributed by atoms with Crippen molar-refractivity contribution in [2.24, 2.45) is 11.7 Å². The fourth-order valence-electron chi connectivity index (χ4n) is 1.63. The maximum Gasteiger partial charge on any atom is 0.123 e. The molecule has 84 valence electrons. The molecular weight excluding hydrogens is 193 g/mol. The number of hydrogen-bond acceptors (Lipinski definition) is 2. The summed E-state index contributed by atoms with van der Waals surface area (Å²) < 4.78 is 18.2. The molecule has 0 saturated heterocycles. The topological polar surface area (TPSA) is 35.2 Å². The highest BCUT2D eigenvalue weighted by molar-refractivity contribution is 5.36. The molecule has 15 heavy (non-hydrogen) atoms. The Morgan fingerprint density at radius 3 is 2.60 bits per heavy atom. The maximum atomic E-state index is 13.1. The summed E-state index contributed by atoms with van der Waals surface area (Å²) in [7, 11) is 1.57. The van der Waals surface area contributed by atoms with Gasteiger partial charge in [-0.3, -0.25) is 0 Å². The Morgan fingerprint density at radius 2 is 2.07 bits per heavy atom. The Labute approximate surface area is 90.2 Å². The molecule has 0 amide bonds. The first-order chi connectivity index (χ1) is 7.04. The van der Waals surface area contributed by atoms with E-state index >= 15 is 0 Å². The normalized spacial score (nSPS) is 12.9. The second kappa shape index (κ2) is 5.12. The lowest BCUT2D eigenvalue weighted by molar-refractivity contribution is 0.397. The molecule has 2 N–H and O–H groups in total. The van der Waals surface area contributed by atoms with Crippen LogP contribution in [0, 0.1) is 11.7 Å². The second-order valence-electron chi connectivity index (χ2n) is 4.12. The number of benzene rings is 1. The van der Waals surface area contributed by atoms with Gasteiger partial charge in [-0.1, -0.05) is 13.8 Å². The Balaban J connectivity index is 2.94. The molecular formula is C12H18FNO. The van der Waals surface area contributed by atoms with Crippen molar-refractivity contribution in [3.05, 3.63) is 29.6 Å². The van der Waals surface area contributed by atoms with Crippen LogP contribution in [0.2, 0.25) is 0 Å². The Bertz CT molecular complexity index is 325. The Hall–Kier alpha value is -1.09. The first kappa shape index (κ1) is 12.0. The van der Waals surface area contributed by atoms with E-state index in [0.717, 1.165) is 12.0 Å². The minimum atomic E-state index is -0.273. The average molecular weight is 211 g/mol. The first-order valence-electron chi connectivity index (χ1n) is 5.13. The van der Waals surface area contributed by atoms with E-state index < -0.39 is 0 Å². The van der Waals surface area contributed by atoms with Crippen molar-refractivity contribution in [1.82, 2.24) is 0 Å². The van der Waals surface area contributed by atoms with Gasteiger partial charge < -0.3 is 10.5 Å². The summed E-state index contributed by atoms with van der Waals surface area (Å²) in [6.45, 7) is 4.18. The highest BCUT2D eigenvalue weighted by Crippen LogP contribution is 2.28. The molecule has 0 spiro atoms. The summed E-state index contributed by atoms with van der Waals surface area (Å²) in [5, 5.41) is 0. The van der Waals surface area contributed by atoms with Crippen molar-refractivity contribution in [3.8, 4) is 5.75 Å². The number of rotatable bonds is 4. The van der Waals surface area contributed by atoms with Crippen molar-refractivity contribution < 1.29 is 9.13 Å². The summed E-state index contributed by atoms with van der Waals surface area (Å²) in [6, 6.07) is 4.27. The molecule has 0 fully saturated rings. The summed E-state index contributed by atoms with van der Waals surface area (Å²) >= 11 is 0. The van der Waals surface area contributed by atoms with Gasteiger partial charge in [0.25, 0.3) is 0 Å². The SMILES string of the molecule is COc1ccc(F)cc1[C@@H](N)CC(C)C. The predicted octanol–water partition coefficient (Wildman–Crippen LogP) is 2.88. The van der Waals surface area contributed by atoms with E-state index in [2.05, 4.69) is 13.8 Å². The summed E-state index contributed by atoms with van der Waals surface area (Å²) in [4.78, 5) is 0. The van der Waals surface area contributed by atoms with Gasteiger partial charge in [-0.25, -0.2) is 4.39 Å². The van der Waals surface area contributed by atoms with Crippen molar-refractivity contribution in [1.29, 1.82) is 0 Å². The monoisotopic (exact) mass is 211 g/mol. The van der Waals surface area contributed by atoms with Gasteiger partial charge in [0, 0.05) is 11.6 Å². The van der Waals surface area contributed by atoms with Gasteiger partial charge in [0.05, 0.1) is 7.11 Å². The second-order valence-corrected chi connectivity index (χ2v) is 4.12. The van der Waals surface area contributed by atoms with E-state index in [4.69, 9.17) is 10.5 Å². The van der Waals surface area contributed by atoms with E-state index in [1.165, 1.54) is 12.1 Å². The highest BCUT2D eigenvalue weighted by Gasteiger charge is 2.14. The van der Waals surface area contributed by atoms with Gasteiger partial charge in [-0.05, 0) is 30.5 Å². The lowest BCUT2D eigenvalue weighted by Crippen LogP contribution is -2.14. The minimum Gasteiger partial charge on any atom is -0.496 e. The fourth-order valence-corrected chi connectivity index (χ4v) is 1.63. The molecule has 0 heterocycles. The van der Waals surface area contributed by atoms with Gasteiger partial charge in [-0.2, -0.15) is 0 Å². The van der Waals surface area contributed by atoms with Crippen LogP contribution < -0.4 is 10.5 Å². The highest BCUT2D eigenvalue weighted by atomic mass is 19.1. The van der Waals surface area contributed by atoms with Gasteiger partial charge in [0.1, 0.15) is 11.6 Å². The van der Waals surface area contributed by atoms with Crippen LogP contribution in [-0.2, 0) is 0 Å². The third-order valence-electron chi connectivity index (χ3n) is 2.32. The number of nitrogens with two attached hydrogens (primary N) is 1. The minimum absolute atomic E-state index is 0.171. The lowest BCUT2D eigenvalue weighted by atomic mass is 9.97. The zero-order valence-corrected chi connectivity index (χ0v) is 9.46. The van der Waals surface area contributed by atoms with Gasteiger partial charge in [0.15, 0.2) is 0 Å². The molecule has 3 heteroatoms. The molecule has 0 aliphatic carbocycles. The molecule has 0 bridgehead atoms. The maximum absolute atomic E-state index is 13.1. The fraction of sp³-hybridized carbons (Fsp3) is 0.500. The molecule has 0 aliphatic heterocycles. The molecule has 1 rings (SSSR count). The average Bonchev–Trinajstić information content (AvgIpc) is 2.16. The molecule has 1 aromatic rings. The molecule has 0 saturated carbocycles. The third-order valence-corrected chi connectivity index (χ3v) is 2.32. The van der Waals surface area contributed by atoms with Crippen LogP contribution in [0.1, 0.15) is 31.9 Å². The zero-order chi connectivity index (χ0) is 11.4. The van der Waals surface area contributed by atoms with Gasteiger partial charge in [-0.15, -0.1) is 0 Å². The summed E-state index contributed by atoms with van der Waals surface area (Å²) in [6.07, 6.45) is 0.819. The number of methoxy groups -OCH3 is 1. The first-order valence-corrected chi connectivity index (χ1v) is 5.13. The smallest absolute Gasteiger partial charge is 0.123 e. The summed E-state index contributed by atoms with van der Waals surface area (Å²) in [5.74, 6) is 0.863. The van der Waals surface area contributed by atoms with Crippen LogP contribution in [0.5, 0.6) is 5.75 Å². The van der Waals surface area contributed by atoms with Crippen molar-refractivity contribution >= 4 is 0 Å². The third kappa shape index (κ3) is 3.20. The van der Waals surface area contributed by atoms with Crippen LogP contribution in [0.4, 0.5) is 4.39 Å². The van der Waals surface area contributed by atoms with Crippen molar-refractivity contribution in [2.45, 2.75) is 26.3 Å². The van der Waals surface area contributed by atoms with E-state index in [1.54, 1.807) is 13.2 Å². The zero-order valence-electron chi connectivity index (χ0n) is 9.46. The molecule has 0 radical (unpaired) electrons. The molecule has 0 aromatic heterocycles. The molecule has 1 aromatic carbocycles. The van der Waals surface area contributed by atoms with E-state index in [1.807, 2.05) is 0 Å². The number of halogens is 1. The number of ether oxygens (including phenoxy) is 1. The van der Waals surface area contributed by atoms with Gasteiger partial charge >= 0.3 is 0 Å². The van der Waals surface area contributed by atoms with Crippen molar-refractivity contribution in [2.75, 3.05) is 7.11 Å². The van der Waals surface area contributed by atoms with Crippen LogP contribution in [0.3, 0.4) is 0 Å². The molecule has 2 nitrogen and oxygen atoms in total. The standard InChI is InChI=1S/C12H18FNO/c1-8(2)6-11(14)10-7-9(13)4-5-12(10)15-3/h4-5,7-8,11H,6,14H2,1-3H3/t11-/m0/s1. The summed E-state index contributed by atoms with van der Waals surface area (Å²) in [5.41, 5.74) is 6.74. The molecule has 0 unspecified atom stereocenters. The van der Waals surface area contributed by atoms with Crippen LogP contribution in [-0.4, -0.2) is 7.11 Å². The van der Waals surface area contributed by atoms with E-state index in [9.17, 15) is 4.39 Å². The molecule has 0 aliphatic rings. The Morgan fingerprint density at radius 1 is 1.40 bits per heavy atom. The van der Waals surface area contributed by atoms with Crippen LogP contribution in [0.25, 0.3) is 0 Å². The number of hydrogen-bond donors (Lipinski definition) is 1. The quantitative estimate of drug-likeness (QED) is 0.831. The van der Waals surface area contributed by atoms with Gasteiger partial charge in [0.2, 0.25) is 0 Å². The van der Waals surface area contributed by atoms with E-state index in [0.29, 0.717) is 11.7 Å². The Kier molecular flexibility index (Phi) is 4.09.